The highest BCUT2D eigenvalue weighted by Crippen LogP contribution is 2.33. The summed E-state index contributed by atoms with van der Waals surface area (Å²) in [5.74, 6) is 0.433. The maximum atomic E-state index is 5.93. The van der Waals surface area contributed by atoms with Gasteiger partial charge in [0.15, 0.2) is 4.34 Å². The highest BCUT2D eigenvalue weighted by atomic mass is 35.5. The van der Waals surface area contributed by atoms with Crippen molar-refractivity contribution in [3.8, 4) is 0 Å². The lowest BCUT2D eigenvalue weighted by molar-refractivity contribution is 1.28. The van der Waals surface area contributed by atoms with Gasteiger partial charge in [-0.15, -0.1) is 34.5 Å². The first-order valence-electron chi connectivity index (χ1n) is 4.02. The third-order valence-electron chi connectivity index (χ3n) is 1.62. The Hall–Kier alpha value is 0.0400. The molecule has 2 aromatic rings. The molecule has 1 unspecified atom stereocenters. The summed E-state index contributed by atoms with van der Waals surface area (Å²) >= 11 is 14.7. The van der Waals surface area contributed by atoms with Crippen LogP contribution in [0.2, 0.25) is 0 Å². The Kier molecular flexibility index (Phi) is 3.55. The Bertz CT molecular complexity index is 396. The fourth-order valence-corrected chi connectivity index (χ4v) is 3.58. The molecule has 0 saturated heterocycles. The topological polar surface area (TPSA) is 12.9 Å². The van der Waals surface area contributed by atoms with E-state index in [4.69, 9.17) is 23.2 Å². The molecule has 5 heteroatoms. The predicted octanol–water partition coefficient (Wildman–Crippen LogP) is 4.19. The van der Waals surface area contributed by atoms with Gasteiger partial charge in [-0.3, -0.25) is 0 Å². The molecule has 2 rings (SSSR count). The van der Waals surface area contributed by atoms with Gasteiger partial charge in [-0.2, -0.15) is 0 Å². The normalized spacial score (nSPS) is 13.3. The Balaban J connectivity index is 2.27. The molecule has 0 aliphatic heterocycles. The standard InChI is InChI=1S/C9H7Cl2NS2/c10-5-8(11)14-9-12-6-3-1-2-4-7(6)13-9/h1-4,8H,5H2. The minimum Gasteiger partial charge on any atom is -0.230 e. The van der Waals surface area contributed by atoms with Crippen LogP contribution in [0.1, 0.15) is 0 Å². The Labute approximate surface area is 100 Å². The number of fused-ring (bicyclic) bond motifs is 1. The van der Waals surface area contributed by atoms with Gasteiger partial charge in [0.05, 0.1) is 14.9 Å². The lowest BCUT2D eigenvalue weighted by Gasteiger charge is -1.99. The molecule has 0 aliphatic carbocycles. The lowest BCUT2D eigenvalue weighted by Crippen LogP contribution is -1.91. The van der Waals surface area contributed by atoms with Crippen LogP contribution in [0, 0.1) is 0 Å². The second kappa shape index (κ2) is 4.71. The summed E-state index contributed by atoms with van der Waals surface area (Å²) in [5.41, 5.74) is 1.03. The highest BCUT2D eigenvalue weighted by molar-refractivity contribution is 8.02. The molecule has 0 aliphatic rings. The summed E-state index contributed by atoms with van der Waals surface area (Å²) in [6.07, 6.45) is 0. The van der Waals surface area contributed by atoms with Gasteiger partial charge in [0.1, 0.15) is 0 Å². The van der Waals surface area contributed by atoms with E-state index in [0.29, 0.717) is 5.88 Å². The first-order chi connectivity index (χ1) is 6.79. The third kappa shape index (κ3) is 2.34. The quantitative estimate of drug-likeness (QED) is 0.609. The van der Waals surface area contributed by atoms with E-state index in [9.17, 15) is 0 Å². The van der Waals surface area contributed by atoms with Gasteiger partial charge in [-0.25, -0.2) is 4.98 Å². The lowest BCUT2D eigenvalue weighted by atomic mass is 10.3. The molecule has 1 heterocycles. The zero-order valence-electron chi connectivity index (χ0n) is 7.11. The van der Waals surface area contributed by atoms with Gasteiger partial charge in [0.2, 0.25) is 0 Å². The van der Waals surface area contributed by atoms with Crippen molar-refractivity contribution in [1.29, 1.82) is 0 Å². The van der Waals surface area contributed by atoms with Crippen molar-refractivity contribution in [3.05, 3.63) is 24.3 Å². The van der Waals surface area contributed by atoms with E-state index in [1.54, 1.807) is 11.3 Å². The SMILES string of the molecule is ClCC(Cl)Sc1nc2ccccc2s1. The number of halogens is 2. The molecule has 74 valence electrons. The number of aromatic nitrogens is 1. The van der Waals surface area contributed by atoms with E-state index >= 15 is 0 Å². The van der Waals surface area contributed by atoms with E-state index in [-0.39, 0.29) is 4.71 Å². The summed E-state index contributed by atoms with van der Waals surface area (Å²) in [6.45, 7) is 0. The number of thiazole rings is 1. The van der Waals surface area contributed by atoms with Crippen LogP contribution in [0.5, 0.6) is 0 Å². The van der Waals surface area contributed by atoms with Gasteiger partial charge >= 0.3 is 0 Å². The highest BCUT2D eigenvalue weighted by Gasteiger charge is 2.09. The molecular formula is C9H7Cl2NS2. The molecule has 0 saturated carbocycles. The minimum absolute atomic E-state index is 0.0998. The third-order valence-corrected chi connectivity index (χ3v) is 4.78. The number of thioether (sulfide) groups is 1. The molecule has 1 atom stereocenters. The molecule has 0 radical (unpaired) electrons. The van der Waals surface area contributed by atoms with Gasteiger partial charge < -0.3 is 0 Å². The van der Waals surface area contributed by atoms with Gasteiger partial charge in [-0.1, -0.05) is 23.9 Å². The zero-order chi connectivity index (χ0) is 9.97. The summed E-state index contributed by atoms with van der Waals surface area (Å²) in [7, 11) is 0. The molecule has 0 bridgehead atoms. The number of nitrogens with zero attached hydrogens (tertiary/aromatic N) is 1. The second-order valence-electron chi connectivity index (χ2n) is 2.63. The monoisotopic (exact) mass is 263 g/mol. The van der Waals surface area contributed by atoms with Crippen molar-refractivity contribution in [2.45, 2.75) is 9.05 Å². The summed E-state index contributed by atoms with van der Waals surface area (Å²) in [6, 6.07) is 8.05. The summed E-state index contributed by atoms with van der Waals surface area (Å²) in [4.78, 5) is 4.44. The maximum absolute atomic E-state index is 5.93. The van der Waals surface area contributed by atoms with Crippen LogP contribution >= 0.6 is 46.3 Å². The van der Waals surface area contributed by atoms with Crippen molar-refractivity contribution in [2.24, 2.45) is 0 Å². The van der Waals surface area contributed by atoms with Crippen LogP contribution in [0.15, 0.2) is 28.6 Å². The van der Waals surface area contributed by atoms with E-state index < -0.39 is 0 Å². The Morgan fingerprint density at radius 1 is 1.43 bits per heavy atom. The van der Waals surface area contributed by atoms with Gasteiger partial charge in [0.25, 0.3) is 0 Å². The summed E-state index contributed by atoms with van der Waals surface area (Å²) in [5, 5.41) is 0. The number of rotatable bonds is 3. The number of alkyl halides is 2. The molecule has 1 aromatic carbocycles. The van der Waals surface area contributed by atoms with Crippen LogP contribution in [0.25, 0.3) is 10.2 Å². The average Bonchev–Trinajstić information content (AvgIpc) is 2.59. The number of hydrogen-bond donors (Lipinski definition) is 0. The first kappa shape index (κ1) is 10.6. The average molecular weight is 264 g/mol. The molecule has 0 spiro atoms. The van der Waals surface area contributed by atoms with Gasteiger partial charge in [0, 0.05) is 5.88 Å². The summed E-state index contributed by atoms with van der Waals surface area (Å²) < 4.78 is 2.07. The van der Waals surface area contributed by atoms with Crippen molar-refractivity contribution in [1.82, 2.24) is 4.98 Å². The van der Waals surface area contributed by atoms with Crippen LogP contribution < -0.4 is 0 Å². The van der Waals surface area contributed by atoms with Crippen LogP contribution in [0.4, 0.5) is 0 Å². The maximum Gasteiger partial charge on any atom is 0.152 e. The van der Waals surface area contributed by atoms with Crippen LogP contribution in [0.3, 0.4) is 0 Å². The minimum atomic E-state index is -0.0998. The molecule has 0 fully saturated rings. The molecule has 0 amide bonds. The van der Waals surface area contributed by atoms with E-state index in [2.05, 4.69) is 11.1 Å². The Morgan fingerprint density at radius 3 is 2.93 bits per heavy atom. The van der Waals surface area contributed by atoms with E-state index in [1.165, 1.54) is 16.5 Å². The van der Waals surface area contributed by atoms with Crippen molar-refractivity contribution in [3.63, 3.8) is 0 Å². The fraction of sp³-hybridized carbons (Fsp3) is 0.222. The van der Waals surface area contributed by atoms with Crippen molar-refractivity contribution >= 4 is 56.5 Å². The molecule has 1 nitrogen and oxygen atoms in total. The first-order valence-corrected chi connectivity index (χ1v) is 6.68. The molecule has 14 heavy (non-hydrogen) atoms. The van der Waals surface area contributed by atoms with Crippen molar-refractivity contribution < 1.29 is 0 Å². The Morgan fingerprint density at radius 2 is 2.21 bits per heavy atom. The fourth-order valence-electron chi connectivity index (χ4n) is 1.04. The smallest absolute Gasteiger partial charge is 0.152 e. The number of benzene rings is 1. The second-order valence-corrected chi connectivity index (χ2v) is 6.20. The van der Waals surface area contributed by atoms with E-state index in [1.807, 2.05) is 18.2 Å². The largest absolute Gasteiger partial charge is 0.230 e. The van der Waals surface area contributed by atoms with Gasteiger partial charge in [-0.05, 0) is 12.1 Å². The zero-order valence-corrected chi connectivity index (χ0v) is 10.3. The van der Waals surface area contributed by atoms with Crippen molar-refractivity contribution in [2.75, 3.05) is 5.88 Å². The molecule has 0 N–H and O–H groups in total. The van der Waals surface area contributed by atoms with Crippen LogP contribution in [-0.2, 0) is 0 Å². The molecular weight excluding hydrogens is 257 g/mol. The number of hydrogen-bond acceptors (Lipinski definition) is 3. The molecule has 1 aromatic heterocycles. The van der Waals surface area contributed by atoms with E-state index in [0.717, 1.165) is 9.86 Å². The van der Waals surface area contributed by atoms with Crippen LogP contribution in [-0.4, -0.2) is 15.6 Å². The number of para-hydroxylation sites is 1. The predicted molar refractivity (Wildman–Crippen MR) is 65.8 cm³/mol.